The van der Waals surface area contributed by atoms with Gasteiger partial charge in [0.15, 0.2) is 5.41 Å². The van der Waals surface area contributed by atoms with Gasteiger partial charge in [0.05, 0.1) is 14.2 Å². The van der Waals surface area contributed by atoms with E-state index in [9.17, 15) is 9.59 Å². The smallest absolute Gasteiger partial charge is 0.327 e. The second-order valence-electron chi connectivity index (χ2n) is 6.11. The molecule has 0 N–H and O–H groups in total. The fourth-order valence-electron chi connectivity index (χ4n) is 3.30. The normalized spacial score (nSPS) is 17.9. The number of benzene rings is 2. The predicted molar refractivity (Wildman–Crippen MR) is 94.8 cm³/mol. The van der Waals surface area contributed by atoms with E-state index in [-0.39, 0.29) is 5.92 Å². The summed E-state index contributed by atoms with van der Waals surface area (Å²) in [4.78, 5) is 24.4. The van der Waals surface area contributed by atoms with Crippen LogP contribution in [0.1, 0.15) is 17.9 Å². The number of allylic oxidation sites excluding steroid dienone is 1. The van der Waals surface area contributed by atoms with E-state index in [0.717, 1.165) is 16.7 Å². The highest BCUT2D eigenvalue weighted by atomic mass is 16.5. The number of carbonyl (C=O) groups is 2. The molecule has 0 saturated carbocycles. The molecule has 128 valence electrons. The third kappa shape index (κ3) is 3.07. The monoisotopic (exact) mass is 336 g/mol. The van der Waals surface area contributed by atoms with Crippen molar-refractivity contribution >= 4 is 11.9 Å². The van der Waals surface area contributed by atoms with Crippen molar-refractivity contribution in [2.45, 2.75) is 12.3 Å². The minimum absolute atomic E-state index is 0.0389. The van der Waals surface area contributed by atoms with E-state index in [4.69, 9.17) is 9.47 Å². The molecule has 25 heavy (non-hydrogen) atoms. The number of carbonyl (C=O) groups excluding carboxylic acids is 2. The molecule has 1 unspecified atom stereocenters. The van der Waals surface area contributed by atoms with Crippen LogP contribution in [0.15, 0.2) is 66.7 Å². The van der Waals surface area contributed by atoms with Crippen molar-refractivity contribution in [2.75, 3.05) is 14.2 Å². The van der Waals surface area contributed by atoms with Crippen LogP contribution >= 0.6 is 0 Å². The summed E-state index contributed by atoms with van der Waals surface area (Å²) in [6.45, 7) is 0. The van der Waals surface area contributed by atoms with Crippen LogP contribution in [0.5, 0.6) is 0 Å². The molecule has 1 atom stereocenters. The zero-order valence-corrected chi connectivity index (χ0v) is 14.3. The lowest BCUT2D eigenvalue weighted by Crippen LogP contribution is -2.38. The quantitative estimate of drug-likeness (QED) is 0.485. The van der Waals surface area contributed by atoms with Gasteiger partial charge in [0.2, 0.25) is 0 Å². The van der Waals surface area contributed by atoms with Crippen LogP contribution in [0, 0.1) is 5.41 Å². The van der Waals surface area contributed by atoms with Crippen LogP contribution < -0.4 is 0 Å². The van der Waals surface area contributed by atoms with Crippen molar-refractivity contribution < 1.29 is 19.1 Å². The molecule has 0 bridgehead atoms. The first-order valence-electron chi connectivity index (χ1n) is 8.12. The molecule has 1 aliphatic rings. The van der Waals surface area contributed by atoms with Crippen molar-refractivity contribution in [1.82, 2.24) is 0 Å². The Balaban J connectivity index is 1.83. The highest BCUT2D eigenvalue weighted by molar-refractivity contribution is 6.03. The summed E-state index contributed by atoms with van der Waals surface area (Å²) in [5.74, 6) is -1.21. The maximum Gasteiger partial charge on any atom is 0.327 e. The Morgan fingerprint density at radius 1 is 0.880 bits per heavy atom. The average molecular weight is 336 g/mol. The molecule has 4 heteroatoms. The van der Waals surface area contributed by atoms with E-state index in [2.05, 4.69) is 24.3 Å². The summed E-state index contributed by atoms with van der Waals surface area (Å²) in [7, 11) is 2.56. The van der Waals surface area contributed by atoms with E-state index in [0.29, 0.717) is 6.42 Å². The molecule has 2 aromatic rings. The molecule has 0 heterocycles. The van der Waals surface area contributed by atoms with Crippen LogP contribution in [0.4, 0.5) is 0 Å². The number of hydrogen-bond donors (Lipinski definition) is 0. The minimum atomic E-state index is -1.35. The Bertz CT molecular complexity index is 774. The van der Waals surface area contributed by atoms with E-state index < -0.39 is 17.4 Å². The Kier molecular flexibility index (Phi) is 4.70. The summed E-state index contributed by atoms with van der Waals surface area (Å²) < 4.78 is 9.66. The Hall–Kier alpha value is -2.88. The number of rotatable bonds is 4. The van der Waals surface area contributed by atoms with Crippen molar-refractivity contribution in [3.63, 3.8) is 0 Å². The molecule has 0 aliphatic heterocycles. The van der Waals surface area contributed by atoms with Gasteiger partial charge in [-0.3, -0.25) is 9.59 Å². The van der Waals surface area contributed by atoms with Gasteiger partial charge >= 0.3 is 11.9 Å². The van der Waals surface area contributed by atoms with Crippen molar-refractivity contribution in [3.05, 3.63) is 72.3 Å². The van der Waals surface area contributed by atoms with Crippen molar-refractivity contribution in [2.24, 2.45) is 5.41 Å². The van der Waals surface area contributed by atoms with Gasteiger partial charge in [-0.2, -0.15) is 0 Å². The highest BCUT2D eigenvalue weighted by Gasteiger charge is 2.50. The molecule has 0 amide bonds. The molecule has 1 aliphatic carbocycles. The third-order valence-corrected chi connectivity index (χ3v) is 4.70. The topological polar surface area (TPSA) is 52.6 Å². The number of methoxy groups -OCH3 is 2. The minimum Gasteiger partial charge on any atom is -0.468 e. The van der Waals surface area contributed by atoms with Gasteiger partial charge in [-0.1, -0.05) is 66.7 Å². The maximum absolute atomic E-state index is 12.2. The van der Waals surface area contributed by atoms with Gasteiger partial charge in [0.25, 0.3) is 0 Å². The zero-order valence-electron chi connectivity index (χ0n) is 14.3. The zero-order chi connectivity index (χ0) is 17.9. The fourth-order valence-corrected chi connectivity index (χ4v) is 3.30. The molecule has 0 saturated heterocycles. The second kappa shape index (κ2) is 6.93. The van der Waals surface area contributed by atoms with Gasteiger partial charge in [0, 0.05) is 5.92 Å². The summed E-state index contributed by atoms with van der Waals surface area (Å²) in [6, 6.07) is 18.3. The van der Waals surface area contributed by atoms with E-state index in [1.54, 1.807) is 6.08 Å². The second-order valence-corrected chi connectivity index (χ2v) is 6.11. The molecule has 3 rings (SSSR count). The van der Waals surface area contributed by atoms with Gasteiger partial charge in [-0.25, -0.2) is 0 Å². The van der Waals surface area contributed by atoms with Gasteiger partial charge < -0.3 is 9.47 Å². The fraction of sp³-hybridized carbons (Fsp3) is 0.238. The first-order valence-corrected chi connectivity index (χ1v) is 8.12. The molecule has 2 aromatic carbocycles. The van der Waals surface area contributed by atoms with Crippen molar-refractivity contribution in [3.8, 4) is 11.1 Å². The van der Waals surface area contributed by atoms with Gasteiger partial charge in [-0.05, 0) is 23.1 Å². The van der Waals surface area contributed by atoms with Crippen molar-refractivity contribution in [1.29, 1.82) is 0 Å². The number of hydrogen-bond acceptors (Lipinski definition) is 4. The van der Waals surface area contributed by atoms with E-state index in [1.807, 2.05) is 36.4 Å². The van der Waals surface area contributed by atoms with Crippen LogP contribution in [0.2, 0.25) is 0 Å². The van der Waals surface area contributed by atoms with Crippen LogP contribution in [0.3, 0.4) is 0 Å². The highest BCUT2D eigenvalue weighted by Crippen LogP contribution is 2.43. The molecular weight excluding hydrogens is 316 g/mol. The van der Waals surface area contributed by atoms with Crippen LogP contribution in [-0.4, -0.2) is 26.2 Å². The SMILES string of the molecule is COC(=O)C1(C(=O)OC)C=CC(c2ccc(-c3ccccc3)cc2)C1. The Labute approximate surface area is 147 Å². The van der Waals surface area contributed by atoms with Crippen LogP contribution in [-0.2, 0) is 19.1 Å². The third-order valence-electron chi connectivity index (χ3n) is 4.70. The maximum atomic E-state index is 12.2. The number of ether oxygens (including phenoxy) is 2. The van der Waals surface area contributed by atoms with E-state index >= 15 is 0 Å². The largest absolute Gasteiger partial charge is 0.468 e. The molecular formula is C21H20O4. The lowest BCUT2D eigenvalue weighted by Gasteiger charge is -2.23. The predicted octanol–water partition coefficient (Wildman–Crippen LogP) is 3.73. The molecule has 4 nitrogen and oxygen atoms in total. The molecule has 0 spiro atoms. The summed E-state index contributed by atoms with van der Waals surface area (Å²) >= 11 is 0. The summed E-state index contributed by atoms with van der Waals surface area (Å²) in [5, 5.41) is 0. The average Bonchev–Trinajstić information content (AvgIpc) is 3.14. The first-order chi connectivity index (χ1) is 12.1. The van der Waals surface area contributed by atoms with E-state index in [1.165, 1.54) is 14.2 Å². The van der Waals surface area contributed by atoms with Gasteiger partial charge in [0.1, 0.15) is 0 Å². The summed E-state index contributed by atoms with van der Waals surface area (Å²) in [6.07, 6.45) is 3.81. The molecule has 0 aromatic heterocycles. The standard InChI is InChI=1S/C21H20O4/c1-24-19(22)21(20(23)25-2)13-12-18(14-21)17-10-8-16(9-11-17)15-6-4-3-5-7-15/h3-13,18H,14H2,1-2H3. The number of esters is 2. The summed E-state index contributed by atoms with van der Waals surface area (Å²) in [5.41, 5.74) is 1.96. The first kappa shape index (κ1) is 17.0. The lowest BCUT2D eigenvalue weighted by atomic mass is 9.83. The Morgan fingerprint density at radius 3 is 2.00 bits per heavy atom. The molecule has 0 fully saturated rings. The van der Waals surface area contributed by atoms with Gasteiger partial charge in [-0.15, -0.1) is 0 Å². The Morgan fingerprint density at radius 2 is 1.44 bits per heavy atom. The van der Waals surface area contributed by atoms with Crippen LogP contribution in [0.25, 0.3) is 11.1 Å². The lowest BCUT2D eigenvalue weighted by molar-refractivity contribution is -0.165. The molecule has 0 radical (unpaired) electrons.